The number of hydrogen-bond acceptors (Lipinski definition) is 18. The molecule has 6 heterocycles. The predicted molar refractivity (Wildman–Crippen MR) is 381 cm³/mol. The maximum atomic E-state index is 14.4. The number of morpholine rings is 3. The monoisotopic (exact) mass is 1330 g/mol. The molecule has 6 aromatic rings. The van der Waals surface area contributed by atoms with Gasteiger partial charge in [0, 0.05) is 96.5 Å². The Bertz CT molecular complexity index is 3440. The zero-order chi connectivity index (χ0) is 67.8. The summed E-state index contributed by atoms with van der Waals surface area (Å²) < 4.78 is 63.6. The summed E-state index contributed by atoms with van der Waals surface area (Å²) in [5.41, 5.74) is 8.16. The van der Waals surface area contributed by atoms with Crippen molar-refractivity contribution in [2.24, 2.45) is 38.9 Å². The highest BCUT2D eigenvalue weighted by Gasteiger charge is 2.48. The van der Waals surface area contributed by atoms with Gasteiger partial charge in [0.25, 0.3) is 11.8 Å². The molecule has 10 aliphatic rings. The van der Waals surface area contributed by atoms with Crippen molar-refractivity contribution in [3.8, 4) is 17.6 Å². The molecule has 524 valence electrons. The lowest BCUT2D eigenvalue weighted by Gasteiger charge is -2.51. The molecule has 20 heteroatoms. The molecule has 0 spiro atoms. The van der Waals surface area contributed by atoms with Gasteiger partial charge < -0.3 is 59.1 Å². The van der Waals surface area contributed by atoms with E-state index < -0.39 is 11.6 Å². The maximum absolute atomic E-state index is 14.4. The number of nitrogens with one attached hydrogen (secondary N) is 3. The molecule has 16 rings (SSSR count). The van der Waals surface area contributed by atoms with E-state index in [2.05, 4.69) is 171 Å². The van der Waals surface area contributed by atoms with Crippen molar-refractivity contribution in [1.29, 1.82) is 0 Å². The topological polar surface area (TPSA) is 179 Å². The molecule has 7 aliphatic carbocycles. The molecule has 97 heavy (non-hydrogen) atoms. The van der Waals surface area contributed by atoms with E-state index in [1.807, 2.05) is 30.3 Å². The quantitative estimate of drug-likeness (QED) is 0.0739. The molecule has 18 nitrogen and oxygen atoms in total. The van der Waals surface area contributed by atoms with Crippen LogP contribution >= 0.6 is 0 Å². The minimum Gasteiger partial charge on any atom is -0.477 e. The summed E-state index contributed by atoms with van der Waals surface area (Å²) in [5, 5.41) is 9.65. The van der Waals surface area contributed by atoms with Gasteiger partial charge in [0.15, 0.2) is 0 Å². The lowest BCUT2D eigenvalue weighted by molar-refractivity contribution is -0.0281. The Morgan fingerprint density at radius 3 is 1.30 bits per heavy atom. The number of halogens is 2. The minimum atomic E-state index is -0.526. The minimum absolute atomic E-state index is 0.0189. The lowest BCUT2D eigenvalue weighted by atomic mass is 9.55. The van der Waals surface area contributed by atoms with Crippen molar-refractivity contribution < 1.29 is 37.2 Å². The number of rotatable bonds is 18. The first-order valence-electron chi connectivity index (χ1n) is 36.1. The van der Waals surface area contributed by atoms with Crippen LogP contribution in [0.2, 0.25) is 0 Å². The summed E-state index contributed by atoms with van der Waals surface area (Å²) in [5.74, 6) is 2.11. The van der Waals surface area contributed by atoms with E-state index in [-0.39, 0.29) is 41.6 Å². The zero-order valence-electron chi connectivity index (χ0n) is 59.0. The van der Waals surface area contributed by atoms with Crippen LogP contribution in [0.4, 0.5) is 60.8 Å². The molecule has 3 aliphatic heterocycles. The highest BCUT2D eigenvalue weighted by molar-refractivity contribution is 5.62. The Labute approximate surface area is 574 Å². The van der Waals surface area contributed by atoms with Gasteiger partial charge in [-0.25, -0.2) is 15.0 Å². The summed E-state index contributed by atoms with van der Waals surface area (Å²) in [6.07, 6.45) is 24.8. The van der Waals surface area contributed by atoms with E-state index in [9.17, 15) is 8.78 Å². The molecular weight excluding hydrogens is 1230 g/mol. The average molecular weight is 1330 g/mol. The fourth-order valence-corrected chi connectivity index (χ4v) is 15.9. The summed E-state index contributed by atoms with van der Waals surface area (Å²) in [6, 6.07) is 26.5. The van der Waals surface area contributed by atoms with Gasteiger partial charge in [0.2, 0.25) is 35.4 Å². The first-order valence-corrected chi connectivity index (χ1v) is 36.1. The van der Waals surface area contributed by atoms with E-state index >= 15 is 0 Å². The van der Waals surface area contributed by atoms with Crippen molar-refractivity contribution in [1.82, 2.24) is 29.9 Å². The fraction of sp³-hybridized carbons (Fsp3) is 0.610. The third-order valence-corrected chi connectivity index (χ3v) is 22.5. The molecule has 0 unspecified atom stereocenters. The average Bonchev–Trinajstić information content (AvgIpc) is 0.783. The molecule has 3 aromatic carbocycles. The second-order valence-electron chi connectivity index (χ2n) is 31.4. The van der Waals surface area contributed by atoms with Crippen LogP contribution in [0.1, 0.15) is 165 Å². The molecule has 0 amide bonds. The summed E-state index contributed by atoms with van der Waals surface area (Å²) >= 11 is 0. The molecule has 4 bridgehead atoms. The first-order chi connectivity index (χ1) is 46.6. The van der Waals surface area contributed by atoms with E-state index in [0.717, 1.165) is 126 Å². The van der Waals surface area contributed by atoms with Crippen LogP contribution in [-0.4, -0.2) is 127 Å². The zero-order valence-corrected chi connectivity index (χ0v) is 59.0. The van der Waals surface area contributed by atoms with Crippen molar-refractivity contribution in [2.75, 3.05) is 103 Å². The largest absolute Gasteiger partial charge is 0.477 e. The standard InChI is InChI=1S/C26H35FN4O2.C26H36N4O2.C25H35FN4O2/c1-18-15-31(16-19(2)33-18)21-6-4-20(5-7-21)29-24-28-14-22(27)23(30-24)32-17-26-11-8-25(3,9-12-26)10-13-26;1-19-16-30(17-20(2)32-19)22-6-4-21(5-7-22)28-24-27-15-8-23(29-24)31-18-26-12-9-25(3,10-13-26)11-14-26;1-25(2,3)19-6-4-18(5-7-19)17-32-23-22(26)16-27-24(29-23)28-20-8-10-21(11-9-20)30-12-14-31-15-13-30/h4-7,14,18-19H,8-13,15-17H2,1-3H3,(H,28,29,30);4-8,15,19-20H,9-14,16-18H2,1-3H3,(H,27,28,29);8-11,16,18-19H,4-7,12-15,17H2,1-3H3,(H,27,28,29)/t18-,19+,25?,26?;19-,20+,25?,26?;. The number of anilines is 9. The lowest BCUT2D eigenvalue weighted by Crippen LogP contribution is -2.45. The van der Waals surface area contributed by atoms with Gasteiger partial charge in [-0.3, -0.25) is 0 Å². The van der Waals surface area contributed by atoms with Crippen LogP contribution in [-0.2, 0) is 14.2 Å². The molecular formula is C77H106F2N12O6. The number of ether oxygens (including phenoxy) is 6. The predicted octanol–water partition coefficient (Wildman–Crippen LogP) is 16.7. The number of aromatic nitrogens is 6. The van der Waals surface area contributed by atoms with Gasteiger partial charge in [0.05, 0.1) is 69.8 Å². The van der Waals surface area contributed by atoms with E-state index in [1.165, 1.54) is 88.7 Å². The van der Waals surface area contributed by atoms with E-state index in [4.69, 9.17) is 28.4 Å². The highest BCUT2D eigenvalue weighted by Crippen LogP contribution is 2.58. The van der Waals surface area contributed by atoms with E-state index in [0.29, 0.717) is 64.5 Å². The summed E-state index contributed by atoms with van der Waals surface area (Å²) in [7, 11) is 0. The Morgan fingerprint density at radius 1 is 0.485 bits per heavy atom. The Kier molecular flexibility index (Phi) is 21.9. The van der Waals surface area contributed by atoms with Crippen LogP contribution in [0.3, 0.4) is 0 Å². The number of hydrogen-bond donors (Lipinski definition) is 3. The first kappa shape index (κ1) is 69.7. The molecule has 0 radical (unpaired) electrons. The van der Waals surface area contributed by atoms with Crippen molar-refractivity contribution in [3.63, 3.8) is 0 Å². The number of fused-ring (bicyclic) bond motifs is 6. The molecule has 3 N–H and O–H groups in total. The normalized spacial score (nSPS) is 28.5. The smallest absolute Gasteiger partial charge is 0.255 e. The van der Waals surface area contributed by atoms with Gasteiger partial charge >= 0.3 is 0 Å². The SMILES string of the molecule is CC(C)(C)C1CCC(COc2nc(Nc3ccc(N4CCOCC4)cc3)ncc2F)CC1.C[C@@H]1CN(c2ccc(Nc3ncc(F)c(OCC45CCC(C)(CC4)CC5)n3)cc2)C[C@H](C)O1.C[C@@H]1CN(c2ccc(Nc3nccc(OCC45CCC(C)(CC4)CC5)n3)cc2)C[C@H](C)O1. The van der Waals surface area contributed by atoms with Crippen LogP contribution in [0.15, 0.2) is 97.5 Å². The molecule has 4 atom stereocenters. The molecule has 3 saturated heterocycles. The van der Waals surface area contributed by atoms with Gasteiger partial charge in [-0.05, 0) is 231 Å². The Morgan fingerprint density at radius 2 is 0.876 bits per heavy atom. The molecule has 3 aromatic heterocycles. The maximum Gasteiger partial charge on any atom is 0.255 e. The number of nitrogens with zero attached hydrogens (tertiary/aromatic N) is 9. The van der Waals surface area contributed by atoms with Crippen LogP contribution < -0.4 is 44.9 Å². The molecule has 7 saturated carbocycles. The fourth-order valence-electron chi connectivity index (χ4n) is 15.9. The van der Waals surface area contributed by atoms with E-state index in [1.54, 1.807) is 6.20 Å². The summed E-state index contributed by atoms with van der Waals surface area (Å²) in [6.45, 7) is 28.9. The van der Waals surface area contributed by atoms with Crippen LogP contribution in [0.5, 0.6) is 17.6 Å². The van der Waals surface area contributed by atoms with Crippen molar-refractivity contribution in [2.45, 2.75) is 189 Å². The Hall–Kier alpha value is -7.16. The third kappa shape index (κ3) is 18.6. The van der Waals surface area contributed by atoms with Gasteiger partial charge in [0.1, 0.15) is 0 Å². The van der Waals surface area contributed by atoms with Crippen LogP contribution in [0, 0.1) is 50.5 Å². The van der Waals surface area contributed by atoms with Crippen molar-refractivity contribution >= 4 is 52.0 Å². The second kappa shape index (κ2) is 30.5. The van der Waals surface area contributed by atoms with Gasteiger partial charge in [-0.2, -0.15) is 23.7 Å². The summed E-state index contributed by atoms with van der Waals surface area (Å²) in [4.78, 5) is 32.8. The molecule has 10 fully saturated rings. The second-order valence-corrected chi connectivity index (χ2v) is 31.4. The third-order valence-electron chi connectivity index (χ3n) is 22.5. The highest BCUT2D eigenvalue weighted by atomic mass is 19.1. The van der Waals surface area contributed by atoms with Gasteiger partial charge in [-0.15, -0.1) is 0 Å². The Balaban J connectivity index is 0.000000139. The van der Waals surface area contributed by atoms with Crippen LogP contribution in [0.25, 0.3) is 0 Å². The van der Waals surface area contributed by atoms with Crippen molar-refractivity contribution in [3.05, 3.63) is 109 Å². The van der Waals surface area contributed by atoms with Gasteiger partial charge in [-0.1, -0.05) is 34.6 Å². The number of benzene rings is 3.